The Morgan fingerprint density at radius 2 is 2.13 bits per heavy atom. The van der Waals surface area contributed by atoms with Crippen molar-refractivity contribution < 1.29 is 4.79 Å². The highest BCUT2D eigenvalue weighted by Crippen LogP contribution is 2.25. The number of hydrogen-bond acceptors (Lipinski definition) is 3. The Balaban J connectivity index is 2.97. The van der Waals surface area contributed by atoms with Crippen LogP contribution in [-0.4, -0.2) is 47.9 Å². The average molecular weight is 209 g/mol. The van der Waals surface area contributed by atoms with E-state index in [0.29, 0.717) is 0 Å². The number of amides is 1. The molecule has 0 aromatic heterocycles. The summed E-state index contributed by atoms with van der Waals surface area (Å²) in [5.41, 5.74) is -0.0259. The SMILES string of the molecule is CN1CCC(C)(C)N(C)C(CC#N)C1=O. The molecular formula is C11H19N3O. The molecule has 1 unspecified atom stereocenters. The number of likely N-dealkylation sites (N-methyl/N-ethyl adjacent to an activating group) is 2. The fourth-order valence-corrected chi connectivity index (χ4v) is 1.88. The van der Waals surface area contributed by atoms with Crippen LogP contribution in [0.1, 0.15) is 26.7 Å². The van der Waals surface area contributed by atoms with Crippen LogP contribution in [0.4, 0.5) is 0 Å². The van der Waals surface area contributed by atoms with Gasteiger partial charge in [0, 0.05) is 19.1 Å². The maximum Gasteiger partial charge on any atom is 0.240 e. The molecule has 0 saturated carbocycles. The summed E-state index contributed by atoms with van der Waals surface area (Å²) in [7, 11) is 3.74. The van der Waals surface area contributed by atoms with Gasteiger partial charge in [0.15, 0.2) is 0 Å². The van der Waals surface area contributed by atoms with E-state index in [0.717, 1.165) is 13.0 Å². The van der Waals surface area contributed by atoms with E-state index in [-0.39, 0.29) is 23.9 Å². The molecule has 1 heterocycles. The van der Waals surface area contributed by atoms with Gasteiger partial charge < -0.3 is 4.90 Å². The second kappa shape index (κ2) is 4.19. The molecule has 1 atom stereocenters. The van der Waals surface area contributed by atoms with Crippen LogP contribution in [0.2, 0.25) is 0 Å². The summed E-state index contributed by atoms with van der Waals surface area (Å²) in [6.07, 6.45) is 1.21. The molecule has 0 aromatic carbocycles. The molecule has 4 nitrogen and oxygen atoms in total. The lowest BCUT2D eigenvalue weighted by Gasteiger charge is -2.36. The first-order valence-electron chi connectivity index (χ1n) is 5.25. The predicted molar refractivity (Wildman–Crippen MR) is 58.1 cm³/mol. The summed E-state index contributed by atoms with van der Waals surface area (Å²) in [6.45, 7) is 4.99. The fourth-order valence-electron chi connectivity index (χ4n) is 1.88. The van der Waals surface area contributed by atoms with Crippen LogP contribution in [0, 0.1) is 11.3 Å². The first-order valence-corrected chi connectivity index (χ1v) is 5.25. The standard InChI is InChI=1S/C11H19N3O/c1-11(2)6-8-13(3)10(15)9(5-7-12)14(11)4/h9H,5-6,8H2,1-4H3. The number of nitriles is 1. The van der Waals surface area contributed by atoms with E-state index in [1.165, 1.54) is 0 Å². The minimum absolute atomic E-state index is 0.0259. The van der Waals surface area contributed by atoms with Crippen LogP contribution in [0.15, 0.2) is 0 Å². The summed E-state index contributed by atoms with van der Waals surface area (Å²) >= 11 is 0. The van der Waals surface area contributed by atoms with E-state index >= 15 is 0 Å². The predicted octanol–water partition coefficient (Wildman–Crippen LogP) is 0.841. The van der Waals surface area contributed by atoms with Gasteiger partial charge in [-0.2, -0.15) is 5.26 Å². The van der Waals surface area contributed by atoms with Gasteiger partial charge in [0.2, 0.25) is 5.91 Å². The third-order valence-corrected chi connectivity index (χ3v) is 3.43. The van der Waals surface area contributed by atoms with Gasteiger partial charge in [-0.1, -0.05) is 0 Å². The Hall–Kier alpha value is -1.08. The normalized spacial score (nSPS) is 27.3. The Morgan fingerprint density at radius 1 is 1.53 bits per heavy atom. The number of carbonyl (C=O) groups excluding carboxylic acids is 1. The number of hydrogen-bond donors (Lipinski definition) is 0. The first kappa shape index (κ1) is 12.0. The van der Waals surface area contributed by atoms with E-state index < -0.39 is 0 Å². The lowest BCUT2D eigenvalue weighted by atomic mass is 9.97. The van der Waals surface area contributed by atoms with Gasteiger partial charge in [0.05, 0.1) is 12.5 Å². The minimum atomic E-state index is -0.294. The summed E-state index contributed by atoms with van der Waals surface area (Å²) in [4.78, 5) is 15.7. The third-order valence-electron chi connectivity index (χ3n) is 3.43. The lowest BCUT2D eigenvalue weighted by molar-refractivity contribution is -0.134. The number of rotatable bonds is 1. The highest BCUT2D eigenvalue weighted by Gasteiger charge is 2.38. The van der Waals surface area contributed by atoms with Crippen LogP contribution < -0.4 is 0 Å². The molecule has 1 rings (SSSR count). The highest BCUT2D eigenvalue weighted by atomic mass is 16.2. The van der Waals surface area contributed by atoms with Crippen molar-refractivity contribution in [3.63, 3.8) is 0 Å². The van der Waals surface area contributed by atoms with E-state index in [1.807, 2.05) is 19.0 Å². The van der Waals surface area contributed by atoms with E-state index in [9.17, 15) is 4.79 Å². The topological polar surface area (TPSA) is 47.3 Å². The molecule has 1 saturated heterocycles. The molecule has 15 heavy (non-hydrogen) atoms. The molecule has 0 N–H and O–H groups in total. The highest BCUT2D eigenvalue weighted by molar-refractivity contribution is 5.82. The Kier molecular flexibility index (Phi) is 3.35. The van der Waals surface area contributed by atoms with E-state index in [4.69, 9.17) is 5.26 Å². The van der Waals surface area contributed by atoms with Gasteiger partial charge in [-0.3, -0.25) is 9.69 Å². The molecule has 0 spiro atoms. The van der Waals surface area contributed by atoms with Crippen molar-refractivity contribution in [1.82, 2.24) is 9.80 Å². The summed E-state index contributed by atoms with van der Waals surface area (Å²) in [5.74, 6) is 0.0598. The van der Waals surface area contributed by atoms with Crippen molar-refractivity contribution in [2.45, 2.75) is 38.3 Å². The van der Waals surface area contributed by atoms with Crippen molar-refractivity contribution in [1.29, 1.82) is 5.26 Å². The van der Waals surface area contributed by atoms with Crippen LogP contribution in [0.25, 0.3) is 0 Å². The van der Waals surface area contributed by atoms with E-state index in [1.54, 1.807) is 4.90 Å². The second-order valence-corrected chi connectivity index (χ2v) is 4.81. The maximum absolute atomic E-state index is 12.0. The zero-order valence-corrected chi connectivity index (χ0v) is 9.95. The van der Waals surface area contributed by atoms with Gasteiger partial charge in [0.25, 0.3) is 0 Å². The van der Waals surface area contributed by atoms with Crippen molar-refractivity contribution in [2.24, 2.45) is 0 Å². The number of nitrogens with zero attached hydrogens (tertiary/aromatic N) is 3. The van der Waals surface area contributed by atoms with Crippen molar-refractivity contribution in [3.05, 3.63) is 0 Å². The van der Waals surface area contributed by atoms with Crippen LogP contribution >= 0.6 is 0 Å². The third kappa shape index (κ3) is 2.29. The zero-order chi connectivity index (χ0) is 11.6. The largest absolute Gasteiger partial charge is 0.344 e. The Morgan fingerprint density at radius 3 is 2.67 bits per heavy atom. The molecule has 84 valence electrons. The molecule has 1 fully saturated rings. The minimum Gasteiger partial charge on any atom is -0.344 e. The molecule has 0 aromatic rings. The van der Waals surface area contributed by atoms with Gasteiger partial charge in [-0.05, 0) is 27.3 Å². The molecule has 0 radical (unpaired) electrons. The van der Waals surface area contributed by atoms with Crippen LogP contribution in [0.3, 0.4) is 0 Å². The quantitative estimate of drug-likeness (QED) is 0.643. The zero-order valence-electron chi connectivity index (χ0n) is 9.95. The van der Waals surface area contributed by atoms with Gasteiger partial charge in [-0.15, -0.1) is 0 Å². The van der Waals surface area contributed by atoms with Crippen molar-refractivity contribution in [2.75, 3.05) is 20.6 Å². The summed E-state index contributed by atoms with van der Waals surface area (Å²) in [5, 5.41) is 8.75. The Labute approximate surface area is 91.5 Å². The monoisotopic (exact) mass is 209 g/mol. The first-order chi connectivity index (χ1) is 6.90. The van der Waals surface area contributed by atoms with Crippen LogP contribution in [-0.2, 0) is 4.79 Å². The van der Waals surface area contributed by atoms with Gasteiger partial charge >= 0.3 is 0 Å². The molecule has 0 bridgehead atoms. The molecule has 1 amide bonds. The molecule has 0 aliphatic carbocycles. The van der Waals surface area contributed by atoms with E-state index in [2.05, 4.69) is 19.9 Å². The lowest BCUT2D eigenvalue weighted by Crippen LogP contribution is -2.50. The Bertz CT molecular complexity index is 293. The smallest absolute Gasteiger partial charge is 0.240 e. The molecular weight excluding hydrogens is 190 g/mol. The number of carbonyl (C=O) groups is 1. The van der Waals surface area contributed by atoms with Crippen molar-refractivity contribution in [3.8, 4) is 6.07 Å². The second-order valence-electron chi connectivity index (χ2n) is 4.81. The molecule has 4 heteroatoms. The summed E-state index contributed by atoms with van der Waals surface area (Å²) in [6, 6.07) is 1.80. The van der Waals surface area contributed by atoms with Gasteiger partial charge in [-0.25, -0.2) is 0 Å². The van der Waals surface area contributed by atoms with Crippen LogP contribution in [0.5, 0.6) is 0 Å². The van der Waals surface area contributed by atoms with Crippen molar-refractivity contribution >= 4 is 5.91 Å². The maximum atomic E-state index is 12.0. The molecule has 1 aliphatic heterocycles. The van der Waals surface area contributed by atoms with Gasteiger partial charge in [0.1, 0.15) is 6.04 Å². The fraction of sp³-hybridized carbons (Fsp3) is 0.818. The molecule has 1 aliphatic rings. The average Bonchev–Trinajstić information content (AvgIpc) is 2.25. The summed E-state index contributed by atoms with van der Waals surface area (Å²) < 4.78 is 0.